The first-order valence-electron chi connectivity index (χ1n) is 6.35. The second-order valence-corrected chi connectivity index (χ2v) is 5.16. The number of fused-ring (bicyclic) bond motifs is 1. The Kier molecular flexibility index (Phi) is 3.67. The van der Waals surface area contributed by atoms with Crippen LogP contribution in [0.25, 0.3) is 10.9 Å². The van der Waals surface area contributed by atoms with E-state index < -0.39 is 0 Å². The molecule has 2 aromatic rings. The molecule has 0 aliphatic heterocycles. The Morgan fingerprint density at radius 3 is 2.82 bits per heavy atom. The minimum absolute atomic E-state index is 0.492. The Bertz CT molecular complexity index is 473. The molecule has 3 heteroatoms. The van der Waals surface area contributed by atoms with Gasteiger partial charge in [-0.15, -0.1) is 0 Å². The minimum atomic E-state index is 0.492. The van der Waals surface area contributed by atoms with E-state index in [1.807, 2.05) is 6.20 Å². The number of H-pyrrole nitrogens is 1. The molecule has 2 rings (SSSR count). The molecule has 0 aliphatic rings. The molecule has 0 radical (unpaired) electrons. The number of hydrogen-bond donors (Lipinski definition) is 2. The van der Waals surface area contributed by atoms with Crippen LogP contribution in [-0.2, 0) is 0 Å². The molecule has 3 nitrogen and oxygen atoms in total. The van der Waals surface area contributed by atoms with E-state index in [0.717, 1.165) is 22.5 Å². The summed E-state index contributed by atoms with van der Waals surface area (Å²) in [7, 11) is 0. The molecule has 0 saturated carbocycles. The van der Waals surface area contributed by atoms with Gasteiger partial charge in [0.15, 0.2) is 0 Å². The van der Waals surface area contributed by atoms with Gasteiger partial charge in [0.25, 0.3) is 0 Å². The molecule has 92 valence electrons. The number of aromatic nitrogens is 2. The zero-order valence-corrected chi connectivity index (χ0v) is 10.8. The van der Waals surface area contributed by atoms with Crippen molar-refractivity contribution in [2.75, 3.05) is 5.32 Å². The first-order valence-corrected chi connectivity index (χ1v) is 6.35. The highest BCUT2D eigenvalue weighted by Gasteiger charge is 2.07. The number of rotatable bonds is 5. The summed E-state index contributed by atoms with van der Waals surface area (Å²) in [4.78, 5) is 0. The average Bonchev–Trinajstić information content (AvgIpc) is 2.75. The summed E-state index contributed by atoms with van der Waals surface area (Å²) in [6.45, 7) is 6.77. The Labute approximate surface area is 103 Å². The quantitative estimate of drug-likeness (QED) is 0.821. The number of nitrogens with zero attached hydrogens (tertiary/aromatic N) is 1. The van der Waals surface area contributed by atoms with Gasteiger partial charge >= 0.3 is 0 Å². The van der Waals surface area contributed by atoms with Crippen LogP contribution >= 0.6 is 0 Å². The topological polar surface area (TPSA) is 40.7 Å². The highest BCUT2D eigenvalue weighted by Crippen LogP contribution is 2.22. The standard InChI is InChI=1S/C14H21N3/c1-10(2)7-8-11(3)16-13-6-4-5-12-9-15-17-14(12)13/h4-6,9-11,16H,7-8H2,1-3H3,(H,15,17). The largest absolute Gasteiger partial charge is 0.381 e. The molecule has 0 amide bonds. The third-order valence-corrected chi connectivity index (χ3v) is 3.06. The van der Waals surface area contributed by atoms with Gasteiger partial charge in [0.05, 0.1) is 17.4 Å². The highest BCUT2D eigenvalue weighted by atomic mass is 15.1. The maximum absolute atomic E-state index is 4.08. The molecule has 0 bridgehead atoms. The lowest BCUT2D eigenvalue weighted by atomic mass is 10.0. The molecule has 0 saturated heterocycles. The van der Waals surface area contributed by atoms with Gasteiger partial charge in [-0.05, 0) is 31.7 Å². The van der Waals surface area contributed by atoms with Crippen LogP contribution in [0.15, 0.2) is 24.4 Å². The summed E-state index contributed by atoms with van der Waals surface area (Å²) in [5, 5.41) is 11.8. The molecule has 1 heterocycles. The first kappa shape index (κ1) is 12.0. The summed E-state index contributed by atoms with van der Waals surface area (Å²) < 4.78 is 0. The van der Waals surface area contributed by atoms with Gasteiger partial charge in [-0.25, -0.2) is 0 Å². The van der Waals surface area contributed by atoms with Crippen molar-refractivity contribution in [2.45, 2.75) is 39.7 Å². The number of hydrogen-bond acceptors (Lipinski definition) is 2. The third-order valence-electron chi connectivity index (χ3n) is 3.06. The van der Waals surface area contributed by atoms with Crippen molar-refractivity contribution in [3.05, 3.63) is 24.4 Å². The van der Waals surface area contributed by atoms with E-state index >= 15 is 0 Å². The Hall–Kier alpha value is -1.51. The summed E-state index contributed by atoms with van der Waals surface area (Å²) in [5.74, 6) is 0.766. The van der Waals surface area contributed by atoms with Gasteiger partial charge in [0.1, 0.15) is 0 Å². The van der Waals surface area contributed by atoms with Crippen LogP contribution in [0.5, 0.6) is 0 Å². The Balaban J connectivity index is 2.05. The molecule has 17 heavy (non-hydrogen) atoms. The van der Waals surface area contributed by atoms with Crippen molar-refractivity contribution in [2.24, 2.45) is 5.92 Å². The third kappa shape index (κ3) is 2.99. The van der Waals surface area contributed by atoms with Crippen LogP contribution in [0.3, 0.4) is 0 Å². The van der Waals surface area contributed by atoms with Gasteiger partial charge in [0.2, 0.25) is 0 Å². The predicted molar refractivity (Wildman–Crippen MR) is 73.3 cm³/mol. The summed E-state index contributed by atoms with van der Waals surface area (Å²) in [5.41, 5.74) is 2.25. The smallest absolute Gasteiger partial charge is 0.0881 e. The van der Waals surface area contributed by atoms with E-state index in [1.165, 1.54) is 12.8 Å². The lowest BCUT2D eigenvalue weighted by Crippen LogP contribution is -2.16. The number of aromatic amines is 1. The molecule has 0 spiro atoms. The maximum Gasteiger partial charge on any atom is 0.0881 e. The maximum atomic E-state index is 4.08. The van der Waals surface area contributed by atoms with E-state index in [-0.39, 0.29) is 0 Å². The Morgan fingerprint density at radius 1 is 1.24 bits per heavy atom. The van der Waals surface area contributed by atoms with Crippen LogP contribution in [0.2, 0.25) is 0 Å². The molecule has 1 aromatic carbocycles. The lowest BCUT2D eigenvalue weighted by Gasteiger charge is -2.16. The number of anilines is 1. The average molecular weight is 231 g/mol. The van der Waals surface area contributed by atoms with Gasteiger partial charge in [-0.1, -0.05) is 26.0 Å². The molecular formula is C14H21N3. The Morgan fingerprint density at radius 2 is 2.06 bits per heavy atom. The second kappa shape index (κ2) is 5.21. The van der Waals surface area contributed by atoms with Crippen LogP contribution in [0.4, 0.5) is 5.69 Å². The normalized spacial score (nSPS) is 13.2. The van der Waals surface area contributed by atoms with Crippen molar-refractivity contribution in [1.82, 2.24) is 10.2 Å². The van der Waals surface area contributed by atoms with Gasteiger partial charge in [-0.2, -0.15) is 5.10 Å². The lowest BCUT2D eigenvalue weighted by molar-refractivity contribution is 0.528. The molecule has 1 aromatic heterocycles. The number of para-hydroxylation sites is 1. The van der Waals surface area contributed by atoms with Gasteiger partial charge in [-0.3, -0.25) is 5.10 Å². The fraction of sp³-hybridized carbons (Fsp3) is 0.500. The predicted octanol–water partition coefficient (Wildman–Crippen LogP) is 3.80. The minimum Gasteiger partial charge on any atom is -0.381 e. The summed E-state index contributed by atoms with van der Waals surface area (Å²) in [6.07, 6.45) is 4.31. The van der Waals surface area contributed by atoms with Gasteiger partial charge in [0, 0.05) is 11.4 Å². The second-order valence-electron chi connectivity index (χ2n) is 5.16. The zero-order chi connectivity index (χ0) is 12.3. The van der Waals surface area contributed by atoms with Crippen LogP contribution in [-0.4, -0.2) is 16.2 Å². The molecule has 1 unspecified atom stereocenters. The van der Waals surface area contributed by atoms with E-state index in [9.17, 15) is 0 Å². The van der Waals surface area contributed by atoms with Crippen molar-refractivity contribution >= 4 is 16.6 Å². The zero-order valence-electron chi connectivity index (χ0n) is 10.8. The summed E-state index contributed by atoms with van der Waals surface area (Å²) >= 11 is 0. The first-order chi connectivity index (χ1) is 8.16. The van der Waals surface area contributed by atoms with Crippen molar-refractivity contribution in [3.63, 3.8) is 0 Å². The van der Waals surface area contributed by atoms with Crippen LogP contribution in [0.1, 0.15) is 33.6 Å². The van der Waals surface area contributed by atoms with E-state index in [2.05, 4.69) is 54.5 Å². The fourth-order valence-corrected chi connectivity index (χ4v) is 2.01. The molecule has 1 atom stereocenters. The molecular weight excluding hydrogens is 210 g/mol. The molecule has 0 fully saturated rings. The fourth-order valence-electron chi connectivity index (χ4n) is 2.01. The van der Waals surface area contributed by atoms with Crippen molar-refractivity contribution < 1.29 is 0 Å². The number of nitrogens with one attached hydrogen (secondary N) is 2. The van der Waals surface area contributed by atoms with E-state index in [0.29, 0.717) is 6.04 Å². The SMILES string of the molecule is CC(C)CCC(C)Nc1cccc2cn[nH]c12. The van der Waals surface area contributed by atoms with Crippen LogP contribution in [0, 0.1) is 5.92 Å². The van der Waals surface area contributed by atoms with Crippen molar-refractivity contribution in [1.29, 1.82) is 0 Å². The van der Waals surface area contributed by atoms with E-state index in [1.54, 1.807) is 0 Å². The summed E-state index contributed by atoms with van der Waals surface area (Å²) in [6, 6.07) is 6.73. The molecule has 2 N–H and O–H groups in total. The highest BCUT2D eigenvalue weighted by molar-refractivity contribution is 5.89. The number of benzene rings is 1. The van der Waals surface area contributed by atoms with Crippen LogP contribution < -0.4 is 5.32 Å². The molecule has 0 aliphatic carbocycles. The van der Waals surface area contributed by atoms with Crippen molar-refractivity contribution in [3.8, 4) is 0 Å². The van der Waals surface area contributed by atoms with Gasteiger partial charge < -0.3 is 5.32 Å². The van der Waals surface area contributed by atoms with E-state index in [4.69, 9.17) is 0 Å². The monoisotopic (exact) mass is 231 g/mol.